The predicted molar refractivity (Wildman–Crippen MR) is 58.3 cm³/mol. The molecule has 0 aliphatic heterocycles. The molecule has 0 N–H and O–H groups in total. The van der Waals surface area contributed by atoms with Gasteiger partial charge in [0.15, 0.2) is 0 Å². The first-order chi connectivity index (χ1) is 7.15. The molecule has 0 aliphatic rings. The fourth-order valence-electron chi connectivity index (χ4n) is 1.10. The minimum absolute atomic E-state index is 0.121. The maximum absolute atomic E-state index is 11.3. The molecule has 0 aromatic carbocycles. The Morgan fingerprint density at radius 2 is 2.00 bits per heavy atom. The molecule has 15 heavy (non-hydrogen) atoms. The molecule has 0 unspecified atom stereocenters. The number of carbonyl (C=O) groups excluding carboxylic acids is 2. The lowest BCUT2D eigenvalue weighted by atomic mass is 10.4. The topological polar surface area (TPSA) is 46.6 Å². The number of hydrogen-bond acceptors (Lipinski definition) is 3. The zero-order chi connectivity index (χ0) is 11.7. The van der Waals surface area contributed by atoms with E-state index in [0.29, 0.717) is 19.5 Å². The van der Waals surface area contributed by atoms with Crippen molar-refractivity contribution in [2.75, 3.05) is 19.7 Å². The Kier molecular flexibility index (Phi) is 7.32. The molecule has 0 bridgehead atoms. The van der Waals surface area contributed by atoms with Crippen molar-refractivity contribution in [3.05, 3.63) is 12.7 Å². The fraction of sp³-hybridized carbons (Fsp3) is 0.636. The van der Waals surface area contributed by atoms with Crippen LogP contribution < -0.4 is 0 Å². The maximum atomic E-state index is 11.3. The molecule has 1 amide bonds. The average Bonchev–Trinajstić information content (AvgIpc) is 2.26. The van der Waals surface area contributed by atoms with Crippen LogP contribution in [0.1, 0.15) is 26.7 Å². The van der Waals surface area contributed by atoms with Gasteiger partial charge in [-0.3, -0.25) is 9.59 Å². The van der Waals surface area contributed by atoms with Gasteiger partial charge in [0.05, 0.1) is 6.54 Å². The molecule has 0 fully saturated rings. The van der Waals surface area contributed by atoms with E-state index < -0.39 is 0 Å². The largest absolute Gasteiger partial charge is 0.464 e. The highest BCUT2D eigenvalue weighted by molar-refractivity contribution is 5.86. The Morgan fingerprint density at radius 1 is 1.33 bits per heavy atom. The molecule has 4 heteroatoms. The summed E-state index contributed by atoms with van der Waals surface area (Å²) in [5, 5.41) is 0. The monoisotopic (exact) mass is 213 g/mol. The molecule has 0 saturated heterocycles. The van der Waals surface area contributed by atoms with E-state index in [4.69, 9.17) is 4.74 Å². The van der Waals surface area contributed by atoms with Crippen molar-refractivity contribution in [3.8, 4) is 0 Å². The molecule has 0 radical (unpaired) electrons. The lowest BCUT2D eigenvalue weighted by molar-refractivity contribution is -0.144. The third-order valence-electron chi connectivity index (χ3n) is 1.89. The van der Waals surface area contributed by atoms with Crippen molar-refractivity contribution < 1.29 is 14.3 Å². The van der Waals surface area contributed by atoms with Gasteiger partial charge in [-0.05, 0) is 12.5 Å². The van der Waals surface area contributed by atoms with Gasteiger partial charge < -0.3 is 9.64 Å². The Morgan fingerprint density at radius 3 is 2.47 bits per heavy atom. The van der Waals surface area contributed by atoms with E-state index in [-0.39, 0.29) is 18.5 Å². The number of carbonyl (C=O) groups is 2. The highest BCUT2D eigenvalue weighted by atomic mass is 16.5. The molecular formula is C11H19NO3. The van der Waals surface area contributed by atoms with Gasteiger partial charge in [-0.15, -0.1) is 0 Å². The first kappa shape index (κ1) is 13.7. The highest BCUT2D eigenvalue weighted by Gasteiger charge is 2.09. The van der Waals surface area contributed by atoms with Crippen molar-refractivity contribution in [1.82, 2.24) is 4.90 Å². The molecule has 0 rings (SSSR count). The maximum Gasteiger partial charge on any atom is 0.305 e. The number of amides is 1. The second kappa shape index (κ2) is 8.03. The number of rotatable bonds is 7. The Bertz CT molecular complexity index is 226. The normalized spacial score (nSPS) is 9.47. The summed E-state index contributed by atoms with van der Waals surface area (Å²) in [4.78, 5) is 23.8. The first-order valence-corrected chi connectivity index (χ1v) is 5.22. The molecule has 0 atom stereocenters. The van der Waals surface area contributed by atoms with Gasteiger partial charge in [0.2, 0.25) is 5.91 Å². The van der Waals surface area contributed by atoms with E-state index in [1.807, 2.05) is 6.92 Å². The summed E-state index contributed by atoms with van der Waals surface area (Å²) in [6.45, 7) is 8.50. The van der Waals surface area contributed by atoms with Gasteiger partial charge in [0.1, 0.15) is 6.61 Å². The van der Waals surface area contributed by atoms with E-state index in [0.717, 1.165) is 6.42 Å². The van der Waals surface area contributed by atoms with E-state index in [9.17, 15) is 9.59 Å². The number of ether oxygens (including phenoxy) is 1. The second-order valence-electron chi connectivity index (χ2n) is 3.10. The lowest BCUT2D eigenvalue weighted by Gasteiger charge is -2.19. The third-order valence-corrected chi connectivity index (χ3v) is 1.89. The quantitative estimate of drug-likeness (QED) is 0.474. The zero-order valence-corrected chi connectivity index (χ0v) is 9.49. The summed E-state index contributed by atoms with van der Waals surface area (Å²) in [5.74, 6) is -0.359. The number of esters is 1. The van der Waals surface area contributed by atoms with Crippen LogP contribution in [0.3, 0.4) is 0 Å². The van der Waals surface area contributed by atoms with E-state index in [1.165, 1.54) is 6.08 Å². The smallest absolute Gasteiger partial charge is 0.305 e. The first-order valence-electron chi connectivity index (χ1n) is 5.22. The summed E-state index contributed by atoms with van der Waals surface area (Å²) < 4.78 is 4.90. The molecule has 0 aliphatic carbocycles. The SMILES string of the molecule is C=CC(=O)N(CCC)CCOC(=O)CC. The van der Waals surface area contributed by atoms with Crippen LogP contribution >= 0.6 is 0 Å². The molecule has 0 aromatic heterocycles. The molecule has 4 nitrogen and oxygen atoms in total. The van der Waals surface area contributed by atoms with Gasteiger partial charge in [-0.2, -0.15) is 0 Å². The standard InChI is InChI=1S/C11H19NO3/c1-4-7-12(10(13)5-2)8-9-15-11(14)6-3/h5H,2,4,6-9H2,1,3H3. The van der Waals surface area contributed by atoms with Crippen LogP contribution in [0.4, 0.5) is 0 Å². The third kappa shape index (κ3) is 5.88. The van der Waals surface area contributed by atoms with Crippen LogP contribution in [0, 0.1) is 0 Å². The number of nitrogens with zero attached hydrogens (tertiary/aromatic N) is 1. The predicted octanol–water partition coefficient (Wildman–Crippen LogP) is 1.36. The van der Waals surface area contributed by atoms with Crippen LogP contribution in [-0.4, -0.2) is 36.5 Å². The number of hydrogen-bond donors (Lipinski definition) is 0. The van der Waals surface area contributed by atoms with Gasteiger partial charge in [-0.25, -0.2) is 0 Å². The Balaban J connectivity index is 3.90. The van der Waals surface area contributed by atoms with Crippen LogP contribution in [0.2, 0.25) is 0 Å². The Labute approximate surface area is 90.9 Å². The minimum Gasteiger partial charge on any atom is -0.464 e. The summed E-state index contributed by atoms with van der Waals surface area (Å²) >= 11 is 0. The van der Waals surface area contributed by atoms with Gasteiger partial charge in [-0.1, -0.05) is 20.4 Å². The van der Waals surface area contributed by atoms with Crippen molar-refractivity contribution >= 4 is 11.9 Å². The molecule has 0 aromatic rings. The molecule has 0 heterocycles. The average molecular weight is 213 g/mol. The van der Waals surface area contributed by atoms with Gasteiger partial charge in [0.25, 0.3) is 0 Å². The van der Waals surface area contributed by atoms with Crippen LogP contribution in [0.25, 0.3) is 0 Å². The summed E-state index contributed by atoms with van der Waals surface area (Å²) in [6.07, 6.45) is 2.52. The van der Waals surface area contributed by atoms with Gasteiger partial charge >= 0.3 is 5.97 Å². The molecule has 0 saturated carbocycles. The molecule has 0 spiro atoms. The van der Waals surface area contributed by atoms with Crippen molar-refractivity contribution in [2.45, 2.75) is 26.7 Å². The molecule has 86 valence electrons. The summed E-state index contributed by atoms with van der Waals surface area (Å²) in [6, 6.07) is 0. The highest BCUT2D eigenvalue weighted by Crippen LogP contribution is 1.95. The second-order valence-corrected chi connectivity index (χ2v) is 3.10. The van der Waals surface area contributed by atoms with Crippen molar-refractivity contribution in [2.24, 2.45) is 0 Å². The summed E-state index contributed by atoms with van der Waals surface area (Å²) in [5.41, 5.74) is 0. The fourth-order valence-corrected chi connectivity index (χ4v) is 1.10. The van der Waals surface area contributed by atoms with Gasteiger partial charge in [0, 0.05) is 13.0 Å². The van der Waals surface area contributed by atoms with E-state index >= 15 is 0 Å². The van der Waals surface area contributed by atoms with Crippen molar-refractivity contribution in [3.63, 3.8) is 0 Å². The molecular weight excluding hydrogens is 194 g/mol. The van der Waals surface area contributed by atoms with Crippen LogP contribution in [0.5, 0.6) is 0 Å². The van der Waals surface area contributed by atoms with Crippen LogP contribution in [0.15, 0.2) is 12.7 Å². The van der Waals surface area contributed by atoms with Crippen molar-refractivity contribution in [1.29, 1.82) is 0 Å². The zero-order valence-electron chi connectivity index (χ0n) is 9.49. The van der Waals surface area contributed by atoms with E-state index in [2.05, 4.69) is 6.58 Å². The Hall–Kier alpha value is -1.32. The minimum atomic E-state index is -0.238. The van der Waals surface area contributed by atoms with E-state index in [1.54, 1.807) is 11.8 Å². The summed E-state index contributed by atoms with van der Waals surface area (Å²) in [7, 11) is 0. The van der Waals surface area contributed by atoms with Crippen LogP contribution in [-0.2, 0) is 14.3 Å². The lowest BCUT2D eigenvalue weighted by Crippen LogP contribution is -2.33.